The number of hydrogen-bond acceptors (Lipinski definition) is 5. The fraction of sp³-hybridized carbons (Fsp3) is 0.702. The second-order valence-electron chi connectivity index (χ2n) is 20.3. The highest BCUT2D eigenvalue weighted by molar-refractivity contribution is 6.30. The zero-order valence-corrected chi connectivity index (χ0v) is 36.4. The van der Waals surface area contributed by atoms with Gasteiger partial charge in [0.25, 0.3) is 0 Å². The molecule has 0 aliphatic heterocycles. The second-order valence-corrected chi connectivity index (χ2v) is 20.7. The molecule has 0 bridgehead atoms. The van der Waals surface area contributed by atoms with Gasteiger partial charge >= 0.3 is 11.9 Å². The van der Waals surface area contributed by atoms with Crippen molar-refractivity contribution in [2.45, 2.75) is 153 Å². The predicted octanol–water partition coefficient (Wildman–Crippen LogP) is 11.1. The van der Waals surface area contributed by atoms with Crippen LogP contribution < -0.4 is 5.32 Å². The first-order valence-electron chi connectivity index (χ1n) is 20.8. The molecule has 8 heteroatoms. The van der Waals surface area contributed by atoms with Gasteiger partial charge in [0, 0.05) is 10.4 Å². The molecule has 1 aromatic rings. The number of Topliss-reactive ketones (excluding diaryl/α,β-unsaturated/α-hetero) is 1. The number of ketones is 1. The van der Waals surface area contributed by atoms with Crippen LogP contribution in [0.5, 0.6) is 0 Å². The Labute approximate surface area is 335 Å². The Kier molecular flexibility index (Phi) is 11.9. The quantitative estimate of drug-likeness (QED) is 0.181. The lowest BCUT2D eigenvalue weighted by atomic mass is 9.30. The summed E-state index contributed by atoms with van der Waals surface area (Å²) in [5.74, 6) is -0.617. The van der Waals surface area contributed by atoms with Crippen LogP contribution in [0.2, 0.25) is 5.02 Å². The number of fused-ring (bicyclic) bond motifs is 5. The molecule has 1 aromatic carbocycles. The summed E-state index contributed by atoms with van der Waals surface area (Å²) >= 11 is 6.09. The van der Waals surface area contributed by atoms with E-state index in [1.807, 2.05) is 31.2 Å². The Morgan fingerprint density at radius 1 is 0.909 bits per heavy atom. The van der Waals surface area contributed by atoms with Crippen LogP contribution in [0.3, 0.4) is 0 Å². The summed E-state index contributed by atoms with van der Waals surface area (Å²) in [6.45, 7) is 25.6. The van der Waals surface area contributed by atoms with E-state index in [0.29, 0.717) is 16.9 Å². The molecule has 5 rings (SSSR count). The van der Waals surface area contributed by atoms with Crippen LogP contribution in [0.25, 0.3) is 0 Å². The van der Waals surface area contributed by atoms with Gasteiger partial charge in [-0.3, -0.25) is 19.2 Å². The third-order valence-corrected chi connectivity index (χ3v) is 16.5. The van der Waals surface area contributed by atoms with Gasteiger partial charge in [0.1, 0.15) is 6.10 Å². The molecule has 0 heterocycles. The van der Waals surface area contributed by atoms with E-state index in [1.165, 1.54) is 5.57 Å². The molecule has 55 heavy (non-hydrogen) atoms. The van der Waals surface area contributed by atoms with E-state index in [2.05, 4.69) is 66.8 Å². The molecule has 0 radical (unpaired) electrons. The highest BCUT2D eigenvalue weighted by Gasteiger charge is 2.71. The Morgan fingerprint density at radius 3 is 2.11 bits per heavy atom. The lowest BCUT2D eigenvalue weighted by Gasteiger charge is -2.74. The van der Waals surface area contributed by atoms with E-state index < -0.39 is 17.4 Å². The van der Waals surface area contributed by atoms with Gasteiger partial charge < -0.3 is 15.2 Å². The maximum atomic E-state index is 13.7. The molecule has 4 aliphatic carbocycles. The summed E-state index contributed by atoms with van der Waals surface area (Å²) in [6.07, 6.45) is 11.0. The monoisotopic (exact) mass is 777 g/mol. The number of nitrogens with one attached hydrogen (secondary N) is 1. The van der Waals surface area contributed by atoms with E-state index in [-0.39, 0.29) is 69.2 Å². The number of rotatable bonds is 10. The summed E-state index contributed by atoms with van der Waals surface area (Å²) in [6, 6.07) is 7.35. The van der Waals surface area contributed by atoms with Crippen LogP contribution in [-0.2, 0) is 23.9 Å². The van der Waals surface area contributed by atoms with Crippen LogP contribution in [0, 0.1) is 56.2 Å². The number of halogens is 1. The van der Waals surface area contributed by atoms with E-state index in [1.54, 1.807) is 26.8 Å². The number of hydrogen-bond donors (Lipinski definition) is 2. The van der Waals surface area contributed by atoms with Crippen molar-refractivity contribution in [3.8, 4) is 0 Å². The molecule has 2 N–H and O–H groups in total. The minimum absolute atomic E-state index is 0.000550. The first-order valence-corrected chi connectivity index (χ1v) is 21.2. The van der Waals surface area contributed by atoms with Crippen LogP contribution in [-0.4, -0.2) is 34.8 Å². The molecule has 7 nitrogen and oxygen atoms in total. The van der Waals surface area contributed by atoms with Gasteiger partial charge in [-0.1, -0.05) is 85.2 Å². The molecule has 9 atom stereocenters. The first-order chi connectivity index (χ1) is 25.4. The van der Waals surface area contributed by atoms with E-state index in [4.69, 9.17) is 16.3 Å². The van der Waals surface area contributed by atoms with E-state index >= 15 is 0 Å². The first kappa shape index (κ1) is 43.2. The summed E-state index contributed by atoms with van der Waals surface area (Å²) in [7, 11) is 0. The Balaban J connectivity index is 1.45. The number of esters is 1. The van der Waals surface area contributed by atoms with Gasteiger partial charge in [0.05, 0.1) is 17.9 Å². The molecule has 4 fully saturated rings. The number of ether oxygens (including phenoxy) is 1. The zero-order valence-electron chi connectivity index (χ0n) is 35.7. The number of allylic oxidation sites excluding steroid dienone is 3. The maximum Gasteiger partial charge on any atom is 0.309 e. The number of carbonyl (C=O) groups is 4. The lowest BCUT2D eigenvalue weighted by molar-refractivity contribution is -0.246. The molecule has 4 aliphatic rings. The zero-order chi connectivity index (χ0) is 41.1. The summed E-state index contributed by atoms with van der Waals surface area (Å²) < 4.78 is 6.17. The molecule has 9 unspecified atom stereocenters. The summed E-state index contributed by atoms with van der Waals surface area (Å²) in [5.41, 5.74) is 1.41. The van der Waals surface area contributed by atoms with Crippen LogP contribution in [0.15, 0.2) is 47.6 Å². The number of carboxylic acid groups (broad SMARTS) is 1. The Hall–Kier alpha value is -2.93. The third kappa shape index (κ3) is 7.38. The number of amides is 1. The van der Waals surface area contributed by atoms with E-state index in [0.717, 1.165) is 62.5 Å². The average Bonchev–Trinajstić information content (AvgIpc) is 3.06. The van der Waals surface area contributed by atoms with Crippen LogP contribution >= 0.6 is 11.6 Å². The van der Waals surface area contributed by atoms with Crippen molar-refractivity contribution in [3.63, 3.8) is 0 Å². The van der Waals surface area contributed by atoms with Crippen LogP contribution in [0.4, 0.5) is 0 Å². The van der Waals surface area contributed by atoms with Gasteiger partial charge in [-0.15, -0.1) is 0 Å². The molecular formula is C47H68ClNO6. The average molecular weight is 779 g/mol. The Bertz CT molecular complexity index is 1740. The minimum Gasteiger partial charge on any atom is -0.481 e. The van der Waals surface area contributed by atoms with Crippen molar-refractivity contribution in [1.82, 2.24) is 5.32 Å². The van der Waals surface area contributed by atoms with Crippen molar-refractivity contribution >= 4 is 35.2 Å². The lowest BCUT2D eigenvalue weighted by Crippen LogP contribution is -2.67. The number of benzene rings is 1. The largest absolute Gasteiger partial charge is 0.481 e. The molecule has 0 aromatic heterocycles. The van der Waals surface area contributed by atoms with Gasteiger partial charge in [-0.2, -0.15) is 0 Å². The normalized spacial score (nSPS) is 35.9. The van der Waals surface area contributed by atoms with Crippen molar-refractivity contribution in [1.29, 1.82) is 0 Å². The van der Waals surface area contributed by atoms with Gasteiger partial charge in [0.15, 0.2) is 5.78 Å². The fourth-order valence-electron chi connectivity index (χ4n) is 12.9. The standard InChI is InChI=1S/C47H68ClNO6/c1-28(2)39(30(4)50)40-32(15-18-37(51)49-29(3)31-13-16-33(48)17-14-31)19-26-47(12)45(10)24-20-34-43(7,8)36(55-38(52)27-42(5,6)41(53)54)22-23-44(34,9)35(45)21-25-46(40,47)11/h13-18,28-29,32,34-36H,19-27H2,1-12H3,(H,49,51)(H,53,54). The van der Waals surface area contributed by atoms with Crippen molar-refractivity contribution in [2.75, 3.05) is 0 Å². The maximum absolute atomic E-state index is 13.7. The molecule has 304 valence electrons. The minimum atomic E-state index is -1.18. The molecule has 1 amide bonds. The second kappa shape index (κ2) is 15.1. The Morgan fingerprint density at radius 2 is 1.53 bits per heavy atom. The molecule has 4 saturated carbocycles. The molecule has 0 spiro atoms. The molecule has 0 saturated heterocycles. The van der Waals surface area contributed by atoms with Crippen LogP contribution in [0.1, 0.15) is 152 Å². The van der Waals surface area contributed by atoms with Crippen molar-refractivity contribution in [3.05, 3.63) is 58.1 Å². The number of carboxylic acids is 1. The highest BCUT2D eigenvalue weighted by Crippen LogP contribution is 2.78. The number of carbonyl (C=O) groups excluding carboxylic acids is 3. The topological polar surface area (TPSA) is 110 Å². The predicted molar refractivity (Wildman–Crippen MR) is 219 cm³/mol. The SMILES string of the molecule is CC(=O)C(=C1C(C=CC(=O)NC(C)c2ccc(Cl)cc2)CCC2(C)C1(C)CCC1C3(C)CCC(OC(=O)CC(C)(C)C(=O)O)C(C)(C)C3CCC12C)C(C)C. The number of aliphatic carboxylic acids is 1. The molecular weight excluding hydrogens is 710 g/mol. The summed E-state index contributed by atoms with van der Waals surface area (Å²) in [4.78, 5) is 51.9. The van der Waals surface area contributed by atoms with E-state index in [9.17, 15) is 24.3 Å². The smallest absolute Gasteiger partial charge is 0.309 e. The van der Waals surface area contributed by atoms with Crippen molar-refractivity contribution < 1.29 is 29.0 Å². The van der Waals surface area contributed by atoms with Gasteiger partial charge in [-0.05, 0) is 159 Å². The van der Waals surface area contributed by atoms with Crippen molar-refractivity contribution in [2.24, 2.45) is 56.2 Å². The highest BCUT2D eigenvalue weighted by atomic mass is 35.5. The third-order valence-electron chi connectivity index (χ3n) is 16.2. The fourth-order valence-corrected chi connectivity index (χ4v) is 13.0. The van der Waals surface area contributed by atoms with Gasteiger partial charge in [-0.25, -0.2) is 0 Å². The van der Waals surface area contributed by atoms with Gasteiger partial charge in [0.2, 0.25) is 5.91 Å². The summed E-state index contributed by atoms with van der Waals surface area (Å²) in [5, 5.41) is 13.4.